The Kier molecular flexibility index (Phi) is 7.50. The average Bonchev–Trinajstić information content (AvgIpc) is 3.49. The van der Waals surface area contributed by atoms with E-state index in [9.17, 15) is 4.79 Å². The number of furan rings is 1. The highest BCUT2D eigenvalue weighted by Gasteiger charge is 2.22. The Bertz CT molecular complexity index is 1160. The van der Waals surface area contributed by atoms with Gasteiger partial charge in [0.05, 0.1) is 24.6 Å². The third kappa shape index (κ3) is 5.34. The van der Waals surface area contributed by atoms with Crippen molar-refractivity contribution < 1.29 is 13.9 Å². The van der Waals surface area contributed by atoms with Crippen molar-refractivity contribution in [3.63, 3.8) is 0 Å². The van der Waals surface area contributed by atoms with E-state index >= 15 is 0 Å². The highest BCUT2D eigenvalue weighted by Crippen LogP contribution is 2.37. The topological polar surface area (TPSA) is 55.6 Å². The second-order valence-electron chi connectivity index (χ2n) is 7.46. The molecule has 166 valence electrons. The third-order valence-corrected chi connectivity index (χ3v) is 7.46. The minimum atomic E-state index is 0.0531. The molecule has 0 saturated heterocycles. The lowest BCUT2D eigenvalue weighted by atomic mass is 10.2. The summed E-state index contributed by atoms with van der Waals surface area (Å²) >= 11 is 3.37. The number of amides is 1. The monoisotopic (exact) mass is 466 g/mol. The Morgan fingerprint density at radius 1 is 1.16 bits per heavy atom. The van der Waals surface area contributed by atoms with Crippen molar-refractivity contribution >= 4 is 44.4 Å². The zero-order valence-electron chi connectivity index (χ0n) is 18.2. The van der Waals surface area contributed by atoms with Crippen molar-refractivity contribution in [1.82, 2.24) is 4.98 Å². The lowest BCUT2D eigenvalue weighted by Crippen LogP contribution is -2.30. The van der Waals surface area contributed by atoms with Gasteiger partial charge in [0.25, 0.3) is 0 Å². The molecule has 5 nitrogen and oxygen atoms in total. The number of methoxy groups -OCH3 is 1. The van der Waals surface area contributed by atoms with Crippen LogP contribution in [0.2, 0.25) is 0 Å². The van der Waals surface area contributed by atoms with Crippen LogP contribution in [0.1, 0.15) is 29.7 Å². The maximum atomic E-state index is 13.2. The van der Waals surface area contributed by atoms with Crippen LogP contribution in [0, 0.1) is 6.92 Å². The first-order valence-electron chi connectivity index (χ1n) is 10.5. The highest BCUT2D eigenvalue weighted by atomic mass is 32.2. The lowest BCUT2D eigenvalue weighted by molar-refractivity contribution is -0.118. The number of thioether (sulfide) groups is 1. The van der Waals surface area contributed by atoms with Crippen LogP contribution in [0.25, 0.3) is 10.2 Å². The van der Waals surface area contributed by atoms with Gasteiger partial charge in [-0.05, 0) is 48.4 Å². The van der Waals surface area contributed by atoms with E-state index in [4.69, 9.17) is 14.1 Å². The van der Waals surface area contributed by atoms with Gasteiger partial charge in [-0.3, -0.25) is 9.69 Å². The second-order valence-corrected chi connectivity index (χ2v) is 9.54. The number of thiazole rings is 1. The van der Waals surface area contributed by atoms with Crippen molar-refractivity contribution in [2.24, 2.45) is 0 Å². The molecule has 32 heavy (non-hydrogen) atoms. The molecular formula is C25H26N2O3S2. The number of rotatable bonds is 10. The molecule has 0 radical (unpaired) electrons. The Morgan fingerprint density at radius 2 is 2.00 bits per heavy atom. The van der Waals surface area contributed by atoms with Gasteiger partial charge < -0.3 is 9.15 Å². The SMILES string of the molecule is COc1ccc(C)c2sc(N(Cc3ccco3)C(=O)CCCSCc3ccccc3)nc12. The third-order valence-electron chi connectivity index (χ3n) is 5.13. The molecule has 2 heterocycles. The van der Waals surface area contributed by atoms with Gasteiger partial charge in [-0.1, -0.05) is 47.7 Å². The van der Waals surface area contributed by atoms with Gasteiger partial charge in [0.1, 0.15) is 17.0 Å². The number of carbonyl (C=O) groups is 1. The van der Waals surface area contributed by atoms with Gasteiger partial charge >= 0.3 is 0 Å². The molecule has 0 bridgehead atoms. The predicted octanol–water partition coefficient (Wildman–Crippen LogP) is 6.45. The molecule has 0 saturated carbocycles. The Morgan fingerprint density at radius 3 is 2.75 bits per heavy atom. The van der Waals surface area contributed by atoms with E-state index in [1.165, 1.54) is 16.9 Å². The molecule has 2 aromatic carbocycles. The number of ether oxygens (including phenoxy) is 1. The van der Waals surface area contributed by atoms with Gasteiger partial charge in [-0.25, -0.2) is 4.98 Å². The summed E-state index contributed by atoms with van der Waals surface area (Å²) in [7, 11) is 1.64. The number of hydrogen-bond donors (Lipinski definition) is 0. The molecule has 0 spiro atoms. The van der Waals surface area contributed by atoms with E-state index in [2.05, 4.69) is 24.3 Å². The molecule has 0 aliphatic rings. The number of aromatic nitrogens is 1. The van der Waals surface area contributed by atoms with Gasteiger partial charge in [-0.2, -0.15) is 11.8 Å². The highest BCUT2D eigenvalue weighted by molar-refractivity contribution is 7.98. The molecule has 0 atom stereocenters. The Hall–Kier alpha value is -2.77. The molecule has 0 N–H and O–H groups in total. The quantitative estimate of drug-likeness (QED) is 0.251. The average molecular weight is 467 g/mol. The van der Waals surface area contributed by atoms with E-state index < -0.39 is 0 Å². The Balaban J connectivity index is 1.46. The van der Waals surface area contributed by atoms with Crippen LogP contribution in [-0.2, 0) is 17.1 Å². The number of aryl methyl sites for hydroxylation is 1. The van der Waals surface area contributed by atoms with Crippen LogP contribution in [0.15, 0.2) is 65.3 Å². The summed E-state index contributed by atoms with van der Waals surface area (Å²) in [4.78, 5) is 19.8. The van der Waals surface area contributed by atoms with Crippen LogP contribution >= 0.6 is 23.1 Å². The van der Waals surface area contributed by atoms with Crippen molar-refractivity contribution in [2.45, 2.75) is 32.1 Å². The van der Waals surface area contributed by atoms with E-state index in [0.717, 1.165) is 45.2 Å². The van der Waals surface area contributed by atoms with E-state index in [1.807, 2.05) is 49.0 Å². The molecule has 7 heteroatoms. The lowest BCUT2D eigenvalue weighted by Gasteiger charge is -2.18. The number of fused-ring (bicyclic) bond motifs is 1. The summed E-state index contributed by atoms with van der Waals surface area (Å²) in [5.41, 5.74) is 3.22. The first kappa shape index (κ1) is 22.4. The number of nitrogens with zero attached hydrogens (tertiary/aromatic N) is 2. The molecule has 0 aliphatic carbocycles. The van der Waals surface area contributed by atoms with Crippen molar-refractivity contribution in [1.29, 1.82) is 0 Å². The molecule has 4 rings (SSSR count). The fraction of sp³-hybridized carbons (Fsp3) is 0.280. The smallest absolute Gasteiger partial charge is 0.229 e. The van der Waals surface area contributed by atoms with Crippen molar-refractivity contribution in [2.75, 3.05) is 17.8 Å². The summed E-state index contributed by atoms with van der Waals surface area (Å²) in [6.07, 6.45) is 2.91. The van der Waals surface area contributed by atoms with Crippen LogP contribution in [0.3, 0.4) is 0 Å². The van der Waals surface area contributed by atoms with Crippen LogP contribution in [-0.4, -0.2) is 23.8 Å². The van der Waals surface area contributed by atoms with E-state index in [0.29, 0.717) is 18.1 Å². The summed E-state index contributed by atoms with van der Waals surface area (Å²) in [6, 6.07) is 18.1. The normalized spacial score (nSPS) is 11.1. The maximum absolute atomic E-state index is 13.2. The number of carbonyl (C=O) groups excluding carboxylic acids is 1. The van der Waals surface area contributed by atoms with Gasteiger partial charge in [0.15, 0.2) is 5.13 Å². The standard InChI is InChI=1S/C25H26N2O3S2/c1-18-12-13-21(29-2)23-24(18)32-25(26-23)27(16-20-10-6-14-30-20)22(28)11-7-15-31-17-19-8-4-3-5-9-19/h3-6,8-10,12-14H,7,11,15-17H2,1-2H3. The van der Waals surface area contributed by atoms with Gasteiger partial charge in [-0.15, -0.1) is 0 Å². The molecule has 0 aliphatic heterocycles. The summed E-state index contributed by atoms with van der Waals surface area (Å²) < 4.78 is 12.1. The largest absolute Gasteiger partial charge is 0.494 e. The minimum absolute atomic E-state index is 0.0531. The molecular weight excluding hydrogens is 440 g/mol. The van der Waals surface area contributed by atoms with Crippen LogP contribution in [0.5, 0.6) is 5.75 Å². The Labute approximate surface area is 196 Å². The molecule has 2 aromatic heterocycles. The van der Waals surface area contributed by atoms with Gasteiger partial charge in [0, 0.05) is 12.2 Å². The summed E-state index contributed by atoms with van der Waals surface area (Å²) in [5, 5.41) is 0.672. The first-order chi connectivity index (χ1) is 15.7. The fourth-order valence-electron chi connectivity index (χ4n) is 3.42. The fourth-order valence-corrected chi connectivity index (χ4v) is 5.41. The molecule has 0 unspecified atom stereocenters. The second kappa shape index (κ2) is 10.7. The minimum Gasteiger partial charge on any atom is -0.494 e. The van der Waals surface area contributed by atoms with Crippen LogP contribution < -0.4 is 9.64 Å². The summed E-state index contributed by atoms with van der Waals surface area (Å²) in [6.45, 7) is 2.41. The molecule has 0 fully saturated rings. The summed E-state index contributed by atoms with van der Waals surface area (Å²) in [5.74, 6) is 3.40. The van der Waals surface area contributed by atoms with Crippen molar-refractivity contribution in [3.8, 4) is 5.75 Å². The zero-order valence-corrected chi connectivity index (χ0v) is 19.9. The van der Waals surface area contributed by atoms with E-state index in [-0.39, 0.29) is 5.91 Å². The zero-order chi connectivity index (χ0) is 22.3. The van der Waals surface area contributed by atoms with Crippen LogP contribution in [0.4, 0.5) is 5.13 Å². The van der Waals surface area contributed by atoms with E-state index in [1.54, 1.807) is 18.3 Å². The van der Waals surface area contributed by atoms with Gasteiger partial charge in [0.2, 0.25) is 5.91 Å². The first-order valence-corrected chi connectivity index (χ1v) is 12.5. The van der Waals surface area contributed by atoms with Crippen molar-refractivity contribution in [3.05, 3.63) is 77.7 Å². The number of hydrogen-bond acceptors (Lipinski definition) is 6. The maximum Gasteiger partial charge on any atom is 0.229 e. The predicted molar refractivity (Wildman–Crippen MR) is 133 cm³/mol. The molecule has 4 aromatic rings. The number of benzene rings is 2. The molecule has 1 amide bonds. The number of anilines is 1.